The Bertz CT molecular complexity index is 948. The molecular formula is C24H37N3O6S. The van der Waals surface area contributed by atoms with Gasteiger partial charge in [-0.2, -0.15) is 0 Å². The van der Waals surface area contributed by atoms with Crippen LogP contribution < -0.4 is 9.46 Å². The van der Waals surface area contributed by atoms with E-state index >= 15 is 0 Å². The third-order valence-electron chi connectivity index (χ3n) is 7.77. The van der Waals surface area contributed by atoms with Crippen LogP contribution in [0.25, 0.3) is 0 Å². The summed E-state index contributed by atoms with van der Waals surface area (Å²) < 4.78 is 46.6. The standard InChI is InChI=1S/C24H37N3O6S/c1-26-14-20(28)13-25-34(29,30)24-3-2-18(17-4-8-31-9-5-17)12-22(24)33-23-16-27(15-21(23)26)19-6-10-32-11-7-19/h2-3,12,17,19-21,23,25,28H,4-11,13-16H2,1H3/t20-,21+,23-/m0/s1. The van der Waals surface area contributed by atoms with Gasteiger partial charge in [-0.15, -0.1) is 0 Å². The molecule has 3 saturated heterocycles. The van der Waals surface area contributed by atoms with Crippen molar-refractivity contribution in [1.29, 1.82) is 0 Å². The molecule has 3 atom stereocenters. The Hall–Kier alpha value is -1.27. The normalized spacial score (nSPS) is 32.4. The summed E-state index contributed by atoms with van der Waals surface area (Å²) in [5.74, 6) is 0.740. The highest BCUT2D eigenvalue weighted by Crippen LogP contribution is 2.35. The van der Waals surface area contributed by atoms with Crippen LogP contribution in [0.2, 0.25) is 0 Å². The van der Waals surface area contributed by atoms with Crippen molar-refractivity contribution in [3.8, 4) is 5.75 Å². The minimum Gasteiger partial charge on any atom is -0.486 e. The molecule has 0 bridgehead atoms. The van der Waals surface area contributed by atoms with Gasteiger partial charge in [-0.05, 0) is 56.3 Å². The number of fused-ring (bicyclic) bond motifs is 2. The second kappa shape index (κ2) is 10.4. The van der Waals surface area contributed by atoms with E-state index in [1.807, 2.05) is 19.2 Å². The molecule has 1 aromatic rings. The zero-order valence-corrected chi connectivity index (χ0v) is 20.7. The summed E-state index contributed by atoms with van der Waals surface area (Å²) in [6.45, 7) is 4.87. The quantitative estimate of drug-likeness (QED) is 0.621. The fourth-order valence-corrected chi connectivity index (χ4v) is 6.96. The number of rotatable bonds is 2. The van der Waals surface area contributed by atoms with Crippen molar-refractivity contribution in [2.24, 2.45) is 0 Å². The molecule has 0 aromatic heterocycles. The van der Waals surface area contributed by atoms with Gasteiger partial charge < -0.3 is 19.3 Å². The Morgan fingerprint density at radius 3 is 2.44 bits per heavy atom. The average Bonchev–Trinajstić information content (AvgIpc) is 3.27. The second-order valence-electron chi connectivity index (χ2n) is 10.1. The number of likely N-dealkylation sites (tertiary alicyclic amines) is 1. The molecule has 9 nitrogen and oxygen atoms in total. The van der Waals surface area contributed by atoms with E-state index in [1.54, 1.807) is 6.07 Å². The fourth-order valence-electron chi connectivity index (χ4n) is 5.78. The van der Waals surface area contributed by atoms with Crippen molar-refractivity contribution in [3.63, 3.8) is 0 Å². The van der Waals surface area contributed by atoms with E-state index in [0.717, 1.165) is 70.8 Å². The van der Waals surface area contributed by atoms with Crippen LogP contribution in [0.4, 0.5) is 0 Å². The molecular weight excluding hydrogens is 458 g/mol. The third kappa shape index (κ3) is 5.28. The molecule has 190 valence electrons. The van der Waals surface area contributed by atoms with Gasteiger partial charge in [0.05, 0.1) is 12.1 Å². The summed E-state index contributed by atoms with van der Waals surface area (Å²) >= 11 is 0. The molecule has 3 fully saturated rings. The Balaban J connectivity index is 1.48. The number of benzene rings is 1. The van der Waals surface area contributed by atoms with E-state index in [0.29, 0.717) is 24.3 Å². The maximum Gasteiger partial charge on any atom is 0.244 e. The number of ether oxygens (including phenoxy) is 3. The first-order chi connectivity index (χ1) is 16.4. The largest absolute Gasteiger partial charge is 0.486 e. The second-order valence-corrected chi connectivity index (χ2v) is 11.8. The lowest BCUT2D eigenvalue weighted by molar-refractivity contribution is 0.0380. The molecule has 0 amide bonds. The minimum absolute atomic E-state index is 0.0328. The van der Waals surface area contributed by atoms with Gasteiger partial charge in [0.15, 0.2) is 0 Å². The van der Waals surface area contributed by atoms with Crippen LogP contribution in [-0.2, 0) is 19.5 Å². The highest BCUT2D eigenvalue weighted by molar-refractivity contribution is 7.89. The number of likely N-dealkylation sites (N-methyl/N-ethyl adjacent to an activating group) is 1. The smallest absolute Gasteiger partial charge is 0.244 e. The third-order valence-corrected chi connectivity index (χ3v) is 9.24. The van der Waals surface area contributed by atoms with E-state index in [4.69, 9.17) is 14.2 Å². The zero-order chi connectivity index (χ0) is 23.7. The molecule has 4 aliphatic heterocycles. The number of nitrogens with zero attached hydrogens (tertiary/aromatic N) is 2. The van der Waals surface area contributed by atoms with Crippen molar-refractivity contribution < 1.29 is 27.7 Å². The molecule has 1 aromatic carbocycles. The summed E-state index contributed by atoms with van der Waals surface area (Å²) in [4.78, 5) is 4.72. The van der Waals surface area contributed by atoms with Crippen LogP contribution in [0, 0.1) is 0 Å². The summed E-state index contributed by atoms with van der Waals surface area (Å²) in [6.07, 6.45) is 2.82. The van der Waals surface area contributed by atoms with Crippen LogP contribution in [0.15, 0.2) is 23.1 Å². The van der Waals surface area contributed by atoms with Crippen molar-refractivity contribution in [2.45, 2.75) is 60.8 Å². The number of β-amino-alcohol motifs (C(OH)–C–C–N with tert-alkyl or cyclic N) is 1. The lowest BCUT2D eigenvalue weighted by atomic mass is 9.92. The van der Waals surface area contributed by atoms with Crippen molar-refractivity contribution >= 4 is 10.0 Å². The predicted molar refractivity (Wildman–Crippen MR) is 127 cm³/mol. The van der Waals surface area contributed by atoms with Gasteiger partial charge in [0, 0.05) is 58.6 Å². The number of aliphatic hydroxyl groups excluding tert-OH is 1. The molecule has 0 unspecified atom stereocenters. The lowest BCUT2D eigenvalue weighted by Gasteiger charge is -2.32. The number of hydrogen-bond acceptors (Lipinski definition) is 8. The van der Waals surface area contributed by atoms with Gasteiger partial charge in [0.2, 0.25) is 10.0 Å². The summed E-state index contributed by atoms with van der Waals surface area (Å²) in [5, 5.41) is 10.6. The first-order valence-corrected chi connectivity index (χ1v) is 14.0. The summed E-state index contributed by atoms with van der Waals surface area (Å²) in [7, 11) is -1.84. The molecule has 0 aliphatic carbocycles. The van der Waals surface area contributed by atoms with Gasteiger partial charge in [0.25, 0.3) is 0 Å². The van der Waals surface area contributed by atoms with Gasteiger partial charge >= 0.3 is 0 Å². The Morgan fingerprint density at radius 1 is 1.00 bits per heavy atom. The van der Waals surface area contributed by atoms with Gasteiger partial charge in [0.1, 0.15) is 16.7 Å². The van der Waals surface area contributed by atoms with E-state index < -0.39 is 16.1 Å². The van der Waals surface area contributed by atoms with Crippen LogP contribution in [0.1, 0.15) is 37.2 Å². The highest BCUT2D eigenvalue weighted by Gasteiger charge is 2.41. The first-order valence-electron chi connectivity index (χ1n) is 12.5. The number of hydrogen-bond donors (Lipinski definition) is 2. The van der Waals surface area contributed by atoms with Crippen LogP contribution in [0.5, 0.6) is 5.75 Å². The van der Waals surface area contributed by atoms with E-state index in [1.165, 1.54) is 0 Å². The lowest BCUT2D eigenvalue weighted by Crippen LogP contribution is -2.47. The Labute approximate surface area is 202 Å². The minimum atomic E-state index is -3.83. The van der Waals surface area contributed by atoms with Crippen molar-refractivity contribution in [2.75, 3.05) is 59.7 Å². The van der Waals surface area contributed by atoms with Crippen LogP contribution >= 0.6 is 0 Å². The van der Waals surface area contributed by atoms with Crippen molar-refractivity contribution in [3.05, 3.63) is 23.8 Å². The maximum absolute atomic E-state index is 13.2. The number of nitrogens with one attached hydrogen (secondary N) is 1. The molecule has 2 N–H and O–H groups in total. The zero-order valence-electron chi connectivity index (χ0n) is 19.9. The summed E-state index contributed by atoms with van der Waals surface area (Å²) in [6, 6.07) is 5.98. The fraction of sp³-hybridized carbons (Fsp3) is 0.750. The summed E-state index contributed by atoms with van der Waals surface area (Å²) in [5.41, 5.74) is 1.09. The maximum atomic E-state index is 13.2. The SMILES string of the molecule is CN1C[C@@H](O)CNS(=O)(=O)c2ccc(C3CCOCC3)cc2O[C@H]2CN(C3CCOCC3)C[C@H]21. The van der Waals surface area contributed by atoms with E-state index in [2.05, 4.69) is 14.5 Å². The molecule has 0 spiro atoms. The van der Waals surface area contributed by atoms with Crippen LogP contribution in [0.3, 0.4) is 0 Å². The topological polar surface area (TPSA) is 101 Å². The Kier molecular flexibility index (Phi) is 7.46. The predicted octanol–water partition coefficient (Wildman–Crippen LogP) is 0.776. The first kappa shape index (κ1) is 24.4. The highest BCUT2D eigenvalue weighted by atomic mass is 32.2. The average molecular weight is 496 g/mol. The molecule has 10 heteroatoms. The van der Waals surface area contributed by atoms with E-state index in [-0.39, 0.29) is 23.6 Å². The molecule has 5 rings (SSSR count). The molecule has 0 radical (unpaired) electrons. The van der Waals surface area contributed by atoms with Gasteiger partial charge in [-0.25, -0.2) is 13.1 Å². The molecule has 0 saturated carbocycles. The van der Waals surface area contributed by atoms with Crippen LogP contribution in [-0.4, -0.2) is 107 Å². The Morgan fingerprint density at radius 2 is 1.71 bits per heavy atom. The molecule has 34 heavy (non-hydrogen) atoms. The number of sulfonamides is 1. The monoisotopic (exact) mass is 495 g/mol. The van der Waals surface area contributed by atoms with Gasteiger partial charge in [-0.3, -0.25) is 9.80 Å². The number of aliphatic hydroxyl groups is 1. The molecule has 4 heterocycles. The van der Waals surface area contributed by atoms with Crippen molar-refractivity contribution in [1.82, 2.24) is 14.5 Å². The van der Waals surface area contributed by atoms with E-state index in [9.17, 15) is 13.5 Å². The van der Waals surface area contributed by atoms with Gasteiger partial charge in [-0.1, -0.05) is 6.07 Å². The molecule has 4 aliphatic rings.